The van der Waals surface area contributed by atoms with E-state index in [1.54, 1.807) is 18.1 Å². The predicted octanol–water partition coefficient (Wildman–Crippen LogP) is 0.896. The van der Waals surface area contributed by atoms with Gasteiger partial charge in [-0.15, -0.1) is 0 Å². The zero-order valence-electron chi connectivity index (χ0n) is 11.1. The van der Waals surface area contributed by atoms with Crippen LogP contribution in [-0.2, 0) is 18.4 Å². The van der Waals surface area contributed by atoms with Gasteiger partial charge in [-0.2, -0.15) is 0 Å². The molecule has 0 radical (unpaired) electrons. The zero-order chi connectivity index (χ0) is 13.1. The summed E-state index contributed by atoms with van der Waals surface area (Å²) in [5.41, 5.74) is 5.56. The molecule has 0 spiro atoms. The molecule has 2 N–H and O–H groups in total. The molecule has 96 valence electrons. The third-order valence-electron chi connectivity index (χ3n) is 2.71. The van der Waals surface area contributed by atoms with Gasteiger partial charge >= 0.3 is 0 Å². The lowest BCUT2D eigenvalue weighted by atomic mass is 10.00. The van der Waals surface area contributed by atoms with E-state index in [0.29, 0.717) is 19.4 Å². The minimum atomic E-state index is -0.292. The van der Waals surface area contributed by atoms with Crippen LogP contribution in [0.25, 0.3) is 0 Å². The minimum Gasteiger partial charge on any atom is -0.338 e. The molecule has 0 saturated carbocycles. The van der Waals surface area contributed by atoms with E-state index in [9.17, 15) is 4.79 Å². The molecule has 5 nitrogen and oxygen atoms in total. The molecule has 1 aromatic rings. The smallest absolute Gasteiger partial charge is 0.222 e. The van der Waals surface area contributed by atoms with Gasteiger partial charge in [-0.1, -0.05) is 0 Å². The first kappa shape index (κ1) is 13.7. The Balaban J connectivity index is 2.45. The third kappa shape index (κ3) is 4.56. The maximum absolute atomic E-state index is 11.9. The lowest BCUT2D eigenvalue weighted by molar-refractivity contribution is -0.130. The number of nitrogens with two attached hydrogens (primary N) is 1. The molecule has 0 aliphatic heterocycles. The second-order valence-electron chi connectivity index (χ2n) is 5.19. The number of hydrogen-bond acceptors (Lipinski definition) is 3. The Morgan fingerprint density at radius 3 is 2.71 bits per heavy atom. The van der Waals surface area contributed by atoms with E-state index in [1.165, 1.54) is 0 Å². The van der Waals surface area contributed by atoms with Crippen molar-refractivity contribution in [3.05, 3.63) is 18.2 Å². The average Bonchev–Trinajstić information content (AvgIpc) is 2.59. The van der Waals surface area contributed by atoms with Gasteiger partial charge in [0, 0.05) is 38.4 Å². The molecule has 1 amide bonds. The summed E-state index contributed by atoms with van der Waals surface area (Å²) < 4.78 is 1.91. The van der Waals surface area contributed by atoms with Crippen LogP contribution in [0.4, 0.5) is 0 Å². The number of carbonyl (C=O) groups is 1. The van der Waals surface area contributed by atoms with Gasteiger partial charge in [-0.05, 0) is 20.3 Å². The Labute approximate surface area is 103 Å². The van der Waals surface area contributed by atoms with Crippen molar-refractivity contribution in [2.24, 2.45) is 12.8 Å². The van der Waals surface area contributed by atoms with E-state index in [1.807, 2.05) is 31.7 Å². The summed E-state index contributed by atoms with van der Waals surface area (Å²) in [7, 11) is 3.71. The molecule has 0 fully saturated rings. The number of aryl methyl sites for hydroxylation is 1. The molecule has 0 saturated heterocycles. The molecule has 1 rings (SSSR count). The number of nitrogens with zero attached hydrogens (tertiary/aromatic N) is 3. The molecule has 0 bridgehead atoms. The van der Waals surface area contributed by atoms with E-state index >= 15 is 0 Å². The van der Waals surface area contributed by atoms with Crippen molar-refractivity contribution >= 4 is 5.91 Å². The topological polar surface area (TPSA) is 64.2 Å². The van der Waals surface area contributed by atoms with Gasteiger partial charge in [-0.3, -0.25) is 4.79 Å². The molecule has 0 unspecified atom stereocenters. The molecule has 0 aromatic carbocycles. The Morgan fingerprint density at radius 2 is 2.24 bits per heavy atom. The number of aromatic nitrogens is 2. The van der Waals surface area contributed by atoms with Crippen molar-refractivity contribution in [2.75, 3.05) is 7.05 Å². The monoisotopic (exact) mass is 238 g/mol. The highest BCUT2D eigenvalue weighted by molar-refractivity contribution is 5.75. The first-order valence-corrected chi connectivity index (χ1v) is 5.78. The summed E-state index contributed by atoms with van der Waals surface area (Å²) in [6.45, 7) is 4.39. The summed E-state index contributed by atoms with van der Waals surface area (Å²) >= 11 is 0. The predicted molar refractivity (Wildman–Crippen MR) is 67.2 cm³/mol. The summed E-state index contributed by atoms with van der Waals surface area (Å²) in [6, 6.07) is 0. The van der Waals surface area contributed by atoms with E-state index in [2.05, 4.69) is 4.98 Å². The minimum absolute atomic E-state index is 0.103. The van der Waals surface area contributed by atoms with Gasteiger partial charge in [0.05, 0.1) is 6.54 Å². The van der Waals surface area contributed by atoms with Crippen LogP contribution < -0.4 is 5.73 Å². The second-order valence-corrected chi connectivity index (χ2v) is 5.19. The fourth-order valence-electron chi connectivity index (χ4n) is 1.47. The number of hydrogen-bond donors (Lipinski definition) is 1. The summed E-state index contributed by atoms with van der Waals surface area (Å²) in [5.74, 6) is 0.986. The van der Waals surface area contributed by atoms with E-state index in [0.717, 1.165) is 5.82 Å². The number of imidazole rings is 1. The van der Waals surface area contributed by atoms with Crippen LogP contribution in [0, 0.1) is 0 Å². The van der Waals surface area contributed by atoms with Gasteiger partial charge in [-0.25, -0.2) is 4.98 Å². The molecule has 5 heteroatoms. The first-order valence-electron chi connectivity index (χ1n) is 5.78. The van der Waals surface area contributed by atoms with Crippen LogP contribution in [-0.4, -0.2) is 32.9 Å². The third-order valence-corrected chi connectivity index (χ3v) is 2.71. The normalized spacial score (nSPS) is 11.6. The highest BCUT2D eigenvalue weighted by Crippen LogP contribution is 2.09. The first-order chi connectivity index (χ1) is 7.79. The van der Waals surface area contributed by atoms with Gasteiger partial charge in [0.25, 0.3) is 0 Å². The van der Waals surface area contributed by atoms with Crippen molar-refractivity contribution in [1.82, 2.24) is 14.5 Å². The van der Waals surface area contributed by atoms with E-state index in [4.69, 9.17) is 5.73 Å². The molecule has 0 aliphatic rings. The highest BCUT2D eigenvalue weighted by atomic mass is 16.2. The van der Waals surface area contributed by atoms with Crippen molar-refractivity contribution in [1.29, 1.82) is 0 Å². The van der Waals surface area contributed by atoms with Crippen LogP contribution in [0.2, 0.25) is 0 Å². The number of rotatable bonds is 5. The van der Waals surface area contributed by atoms with Gasteiger partial charge in [0.15, 0.2) is 0 Å². The van der Waals surface area contributed by atoms with Crippen LogP contribution >= 0.6 is 0 Å². The van der Waals surface area contributed by atoms with Gasteiger partial charge in [0.1, 0.15) is 5.82 Å². The highest BCUT2D eigenvalue weighted by Gasteiger charge is 2.16. The van der Waals surface area contributed by atoms with Gasteiger partial charge < -0.3 is 15.2 Å². The molecule has 1 aromatic heterocycles. The average molecular weight is 238 g/mol. The van der Waals surface area contributed by atoms with Crippen molar-refractivity contribution in [2.45, 2.75) is 38.8 Å². The Bertz CT molecular complexity index is 378. The molecular formula is C12H22N4O. The fourth-order valence-corrected chi connectivity index (χ4v) is 1.47. The fraction of sp³-hybridized carbons (Fsp3) is 0.667. The lowest BCUT2D eigenvalue weighted by Gasteiger charge is -2.21. The molecular weight excluding hydrogens is 216 g/mol. The number of carbonyl (C=O) groups excluding carboxylic acids is 1. The van der Waals surface area contributed by atoms with Gasteiger partial charge in [0.2, 0.25) is 5.91 Å². The maximum atomic E-state index is 11.9. The summed E-state index contributed by atoms with van der Waals surface area (Å²) in [4.78, 5) is 17.7. The molecule has 1 heterocycles. The summed E-state index contributed by atoms with van der Waals surface area (Å²) in [5, 5.41) is 0. The number of amides is 1. The standard InChI is InChI=1S/C12H22N4O/c1-12(2,13)6-5-11(17)16(4)9-10-14-7-8-15(10)3/h7-8H,5-6,9,13H2,1-4H3. The molecule has 0 aliphatic carbocycles. The molecule has 17 heavy (non-hydrogen) atoms. The summed E-state index contributed by atoms with van der Waals surface area (Å²) in [6.07, 6.45) is 4.77. The molecule has 0 atom stereocenters. The Hall–Kier alpha value is -1.36. The maximum Gasteiger partial charge on any atom is 0.222 e. The van der Waals surface area contributed by atoms with Crippen LogP contribution in [0.3, 0.4) is 0 Å². The van der Waals surface area contributed by atoms with Crippen molar-refractivity contribution < 1.29 is 4.79 Å². The van der Waals surface area contributed by atoms with Crippen LogP contribution in [0.1, 0.15) is 32.5 Å². The second kappa shape index (κ2) is 5.31. The Morgan fingerprint density at radius 1 is 1.59 bits per heavy atom. The lowest BCUT2D eigenvalue weighted by Crippen LogP contribution is -2.35. The largest absolute Gasteiger partial charge is 0.338 e. The zero-order valence-corrected chi connectivity index (χ0v) is 11.1. The van der Waals surface area contributed by atoms with Crippen molar-refractivity contribution in [3.8, 4) is 0 Å². The van der Waals surface area contributed by atoms with E-state index < -0.39 is 0 Å². The van der Waals surface area contributed by atoms with Crippen LogP contribution in [0.5, 0.6) is 0 Å². The van der Waals surface area contributed by atoms with Crippen LogP contribution in [0.15, 0.2) is 12.4 Å². The Kier molecular flexibility index (Phi) is 4.28. The SMILES string of the molecule is CN(Cc1nccn1C)C(=O)CCC(C)(C)N. The quantitative estimate of drug-likeness (QED) is 0.828. The van der Waals surface area contributed by atoms with Crippen molar-refractivity contribution in [3.63, 3.8) is 0 Å². The van der Waals surface area contributed by atoms with E-state index in [-0.39, 0.29) is 11.4 Å².